The highest BCUT2D eigenvalue weighted by molar-refractivity contribution is 7.89. The third kappa shape index (κ3) is 3.83. The lowest BCUT2D eigenvalue weighted by molar-refractivity contribution is -0.120. The minimum Gasteiger partial charge on any atom is -0.497 e. The van der Waals surface area contributed by atoms with Gasteiger partial charge in [-0.2, -0.15) is 9.57 Å². The van der Waals surface area contributed by atoms with Crippen molar-refractivity contribution in [2.75, 3.05) is 25.5 Å². The Morgan fingerprint density at radius 2 is 1.93 bits per heavy atom. The van der Waals surface area contributed by atoms with Gasteiger partial charge in [0, 0.05) is 23.9 Å². The molecule has 0 saturated carbocycles. The Bertz CT molecular complexity index is 1090. The fraction of sp³-hybridized carbons (Fsp3) is 0.429. The number of nitriles is 1. The maximum absolute atomic E-state index is 12.9. The lowest BCUT2D eigenvalue weighted by atomic mass is 9.97. The zero-order chi connectivity index (χ0) is 21.3. The van der Waals surface area contributed by atoms with Crippen LogP contribution >= 0.6 is 11.3 Å². The van der Waals surface area contributed by atoms with Crippen molar-refractivity contribution < 1.29 is 17.9 Å². The van der Waals surface area contributed by atoms with Crippen LogP contribution in [0.5, 0.6) is 5.75 Å². The first kappa shape index (κ1) is 20.8. The molecular weight excluding hydrogens is 422 g/mol. The van der Waals surface area contributed by atoms with Crippen LogP contribution in [0.1, 0.15) is 35.3 Å². The number of anilines is 1. The van der Waals surface area contributed by atoms with Crippen LogP contribution in [-0.2, 0) is 27.7 Å². The Kier molecular flexibility index (Phi) is 5.82. The molecule has 1 aromatic heterocycles. The van der Waals surface area contributed by atoms with Gasteiger partial charge >= 0.3 is 0 Å². The molecule has 0 radical (unpaired) electrons. The predicted octanol–water partition coefficient (Wildman–Crippen LogP) is 3.16. The molecule has 1 aliphatic carbocycles. The molecule has 9 heteroatoms. The predicted molar refractivity (Wildman–Crippen MR) is 114 cm³/mol. The molecule has 30 heavy (non-hydrogen) atoms. The fourth-order valence-electron chi connectivity index (χ4n) is 4.08. The average molecular weight is 446 g/mol. The third-order valence-electron chi connectivity index (χ3n) is 5.79. The van der Waals surface area contributed by atoms with Gasteiger partial charge in [0.1, 0.15) is 16.8 Å². The maximum Gasteiger partial charge on any atom is 0.243 e. The van der Waals surface area contributed by atoms with E-state index in [1.807, 2.05) is 0 Å². The Hall–Kier alpha value is -2.41. The molecule has 7 nitrogen and oxygen atoms in total. The van der Waals surface area contributed by atoms with E-state index in [4.69, 9.17) is 4.74 Å². The number of carbonyl (C=O) groups excluding carboxylic acids is 1. The number of aryl methyl sites for hydroxylation is 1. The van der Waals surface area contributed by atoms with Crippen LogP contribution in [0.15, 0.2) is 29.2 Å². The number of hydrogen-bond acceptors (Lipinski definition) is 6. The number of thiophene rings is 1. The SMILES string of the molecule is COc1ccc(S(=O)(=O)N2CCC(C(=O)Nc3sc4c(c3C#N)CCC4)CC2)cc1. The molecule has 2 aliphatic rings. The summed E-state index contributed by atoms with van der Waals surface area (Å²) in [5, 5.41) is 13.1. The van der Waals surface area contributed by atoms with E-state index in [2.05, 4.69) is 11.4 Å². The molecule has 1 saturated heterocycles. The highest BCUT2D eigenvalue weighted by atomic mass is 32.2. The highest BCUT2D eigenvalue weighted by Crippen LogP contribution is 2.39. The van der Waals surface area contributed by atoms with Crippen molar-refractivity contribution in [1.82, 2.24) is 4.31 Å². The first-order chi connectivity index (χ1) is 14.4. The van der Waals surface area contributed by atoms with E-state index in [0.29, 0.717) is 42.2 Å². The minimum atomic E-state index is -3.60. The van der Waals surface area contributed by atoms with Crippen molar-refractivity contribution in [3.63, 3.8) is 0 Å². The molecule has 0 spiro atoms. The van der Waals surface area contributed by atoms with E-state index < -0.39 is 10.0 Å². The zero-order valence-electron chi connectivity index (χ0n) is 16.7. The molecule has 0 atom stereocenters. The highest BCUT2D eigenvalue weighted by Gasteiger charge is 2.33. The van der Waals surface area contributed by atoms with Crippen LogP contribution in [0.25, 0.3) is 0 Å². The Labute approximate surface area is 180 Å². The Balaban J connectivity index is 1.39. The number of fused-ring (bicyclic) bond motifs is 1. The lowest BCUT2D eigenvalue weighted by Gasteiger charge is -2.30. The van der Waals surface area contributed by atoms with Crippen molar-refractivity contribution in [3.8, 4) is 11.8 Å². The van der Waals surface area contributed by atoms with Crippen LogP contribution in [0, 0.1) is 17.2 Å². The van der Waals surface area contributed by atoms with E-state index >= 15 is 0 Å². The van der Waals surface area contributed by atoms with Gasteiger partial charge in [0.2, 0.25) is 15.9 Å². The summed E-state index contributed by atoms with van der Waals surface area (Å²) in [6.45, 7) is 0.580. The number of sulfonamides is 1. The van der Waals surface area contributed by atoms with Gasteiger partial charge in [0.05, 0.1) is 17.6 Å². The number of hydrogen-bond donors (Lipinski definition) is 1. The van der Waals surface area contributed by atoms with E-state index in [-0.39, 0.29) is 16.7 Å². The van der Waals surface area contributed by atoms with Gasteiger partial charge in [-0.3, -0.25) is 4.79 Å². The molecule has 0 bridgehead atoms. The normalized spacial score (nSPS) is 17.3. The number of ether oxygens (including phenoxy) is 1. The van der Waals surface area contributed by atoms with Crippen molar-refractivity contribution in [2.24, 2.45) is 5.92 Å². The van der Waals surface area contributed by atoms with Crippen LogP contribution in [0.4, 0.5) is 5.00 Å². The number of nitrogens with zero attached hydrogens (tertiary/aromatic N) is 2. The van der Waals surface area contributed by atoms with Crippen molar-refractivity contribution in [2.45, 2.75) is 37.0 Å². The summed E-state index contributed by atoms with van der Waals surface area (Å²) in [5.74, 6) is 0.198. The van der Waals surface area contributed by atoms with Crippen molar-refractivity contribution in [1.29, 1.82) is 5.26 Å². The Morgan fingerprint density at radius 3 is 2.57 bits per heavy atom. The second kappa shape index (κ2) is 8.38. The largest absolute Gasteiger partial charge is 0.497 e. The van der Waals surface area contributed by atoms with E-state index in [9.17, 15) is 18.5 Å². The summed E-state index contributed by atoms with van der Waals surface area (Å²) >= 11 is 1.50. The Morgan fingerprint density at radius 1 is 1.23 bits per heavy atom. The maximum atomic E-state index is 12.9. The first-order valence-electron chi connectivity index (χ1n) is 9.93. The molecule has 1 aliphatic heterocycles. The lowest BCUT2D eigenvalue weighted by Crippen LogP contribution is -2.41. The zero-order valence-corrected chi connectivity index (χ0v) is 18.3. The molecular formula is C21H23N3O4S2. The summed E-state index contributed by atoms with van der Waals surface area (Å²) in [4.78, 5) is 14.2. The molecule has 0 unspecified atom stereocenters. The minimum absolute atomic E-state index is 0.132. The first-order valence-corrected chi connectivity index (χ1v) is 12.2. The van der Waals surface area contributed by atoms with Gasteiger partial charge in [-0.05, 0) is 61.9 Å². The second-order valence-electron chi connectivity index (χ2n) is 7.52. The van der Waals surface area contributed by atoms with Crippen molar-refractivity contribution >= 4 is 32.3 Å². The standard InChI is InChI=1S/C21H23N3O4S2/c1-28-15-5-7-16(8-6-15)30(26,27)24-11-9-14(10-12-24)20(25)23-21-18(13-22)17-3-2-4-19(17)29-21/h5-8,14H,2-4,9-12H2,1H3,(H,23,25). The molecule has 1 fully saturated rings. The van der Waals surface area contributed by atoms with Gasteiger partial charge in [0.25, 0.3) is 0 Å². The molecule has 158 valence electrons. The van der Waals surface area contributed by atoms with E-state index in [1.54, 1.807) is 12.1 Å². The molecule has 4 rings (SSSR count). The molecule has 1 aromatic carbocycles. The summed E-state index contributed by atoms with van der Waals surface area (Å²) in [5.41, 5.74) is 1.68. The molecule has 1 N–H and O–H groups in total. The van der Waals surface area contributed by atoms with E-state index in [0.717, 1.165) is 24.8 Å². The van der Waals surface area contributed by atoms with Gasteiger partial charge in [-0.25, -0.2) is 8.42 Å². The molecule has 1 amide bonds. The third-order valence-corrected chi connectivity index (χ3v) is 8.91. The summed E-state index contributed by atoms with van der Waals surface area (Å²) in [6.07, 6.45) is 3.83. The molecule has 2 heterocycles. The average Bonchev–Trinajstić information content (AvgIpc) is 3.34. The topological polar surface area (TPSA) is 99.5 Å². The van der Waals surface area contributed by atoms with Gasteiger partial charge in [-0.15, -0.1) is 11.3 Å². The van der Waals surface area contributed by atoms with Gasteiger partial charge < -0.3 is 10.1 Å². The van der Waals surface area contributed by atoms with Crippen LogP contribution < -0.4 is 10.1 Å². The van der Waals surface area contributed by atoms with Crippen LogP contribution in [0.3, 0.4) is 0 Å². The number of benzene rings is 1. The number of carbonyl (C=O) groups is 1. The van der Waals surface area contributed by atoms with Gasteiger partial charge in [-0.1, -0.05) is 0 Å². The number of piperidine rings is 1. The number of methoxy groups -OCH3 is 1. The monoisotopic (exact) mass is 445 g/mol. The summed E-state index contributed by atoms with van der Waals surface area (Å²) in [7, 11) is -2.07. The van der Waals surface area contributed by atoms with E-state index in [1.165, 1.54) is 39.8 Å². The smallest absolute Gasteiger partial charge is 0.243 e. The number of rotatable bonds is 5. The van der Waals surface area contributed by atoms with Crippen LogP contribution in [-0.4, -0.2) is 38.8 Å². The second-order valence-corrected chi connectivity index (χ2v) is 10.6. The summed E-state index contributed by atoms with van der Waals surface area (Å²) in [6, 6.07) is 8.55. The molecule has 2 aromatic rings. The fourth-order valence-corrected chi connectivity index (χ4v) is 6.79. The van der Waals surface area contributed by atoms with Crippen molar-refractivity contribution in [3.05, 3.63) is 40.3 Å². The summed E-state index contributed by atoms with van der Waals surface area (Å²) < 4.78 is 32.2. The quantitative estimate of drug-likeness (QED) is 0.762. The number of nitrogens with one attached hydrogen (secondary N) is 1. The van der Waals surface area contributed by atoms with Gasteiger partial charge in [0.15, 0.2) is 0 Å². The van der Waals surface area contributed by atoms with Crippen LogP contribution in [0.2, 0.25) is 0 Å². The number of amides is 1.